The third-order valence-corrected chi connectivity index (χ3v) is 0.648. The summed E-state index contributed by atoms with van der Waals surface area (Å²) in [6.07, 6.45) is 0.245. The van der Waals surface area contributed by atoms with E-state index in [9.17, 15) is 0 Å². The van der Waals surface area contributed by atoms with Gasteiger partial charge in [-0.1, -0.05) is 0 Å². The second-order valence-electron chi connectivity index (χ2n) is 1.13. The number of hydrogen-bond donors (Lipinski definition) is 0. The van der Waals surface area contributed by atoms with Gasteiger partial charge in [-0.25, -0.2) is 0 Å². The summed E-state index contributed by atoms with van der Waals surface area (Å²) in [5, 5.41) is 0. The van der Waals surface area contributed by atoms with Crippen molar-refractivity contribution in [3.63, 3.8) is 0 Å². The van der Waals surface area contributed by atoms with Crippen LogP contribution in [-0.4, -0.2) is 6.10 Å². The topological polar surface area (TPSA) is 9.23 Å². The van der Waals surface area contributed by atoms with Crippen LogP contribution < -0.4 is 0 Å². The maximum absolute atomic E-state index is 4.44. The molecule has 0 saturated heterocycles. The maximum atomic E-state index is 4.44. The summed E-state index contributed by atoms with van der Waals surface area (Å²) < 4.78 is 4.44. The van der Waals surface area contributed by atoms with Crippen molar-refractivity contribution in [2.45, 2.75) is 20.0 Å². The van der Waals surface area contributed by atoms with Gasteiger partial charge in [-0.2, -0.15) is 0 Å². The number of hydrogen-bond acceptors (Lipinski definition) is 1. The largest absolute Gasteiger partial charge is 0.147 e. The van der Waals surface area contributed by atoms with Crippen LogP contribution in [0.3, 0.4) is 0 Å². The van der Waals surface area contributed by atoms with E-state index in [-0.39, 0.29) is 18.5 Å². The zero-order chi connectivity index (χ0) is 4.28. The van der Waals surface area contributed by atoms with Crippen molar-refractivity contribution in [2.75, 3.05) is 0 Å². The zero-order valence-corrected chi connectivity index (χ0v) is 5.58. The van der Waals surface area contributed by atoms with E-state index < -0.39 is 0 Å². The first-order valence-corrected chi connectivity index (χ1v) is 1.95. The van der Waals surface area contributed by atoms with Gasteiger partial charge in [-0.05, 0) is 0 Å². The van der Waals surface area contributed by atoms with Crippen molar-refractivity contribution >= 4 is 12.4 Å². The molecule has 0 aromatic heterocycles. The first kappa shape index (κ1) is 9.90. The van der Waals surface area contributed by atoms with Gasteiger partial charge in [0.25, 0.3) is 0 Å². The molecule has 0 rings (SSSR count). The first-order valence-electron chi connectivity index (χ1n) is 1.53. The van der Waals surface area contributed by atoms with Gasteiger partial charge in [0.1, 0.15) is 0 Å². The molecule has 0 saturated carbocycles. The monoisotopic (exact) mass is 154 g/mol. The summed E-state index contributed by atoms with van der Waals surface area (Å²) in [7, 11) is 0. The predicted molar refractivity (Wildman–Crippen MR) is 23.5 cm³/mol. The Bertz CT molecular complexity index is 24.8. The predicted octanol–water partition coefficient (Wildman–Crippen LogP) is 1.29. The summed E-state index contributed by atoms with van der Waals surface area (Å²) in [6, 6.07) is 0. The van der Waals surface area contributed by atoms with Crippen LogP contribution in [0.15, 0.2) is 0 Å². The molecular weight excluding hydrogens is 146 g/mol. The van der Waals surface area contributed by atoms with Gasteiger partial charge < -0.3 is 0 Å². The fraction of sp³-hybridized carbons (Fsp3) is 1.00. The van der Waals surface area contributed by atoms with Crippen LogP contribution in [0.5, 0.6) is 0 Å². The summed E-state index contributed by atoms with van der Waals surface area (Å²) in [5.74, 6) is 0. The quantitative estimate of drug-likeness (QED) is 0.553. The molecule has 0 atom stereocenters. The smallest absolute Gasteiger partial charge is 0.147 e. The van der Waals surface area contributed by atoms with E-state index in [1.54, 1.807) is 0 Å². The minimum absolute atomic E-state index is 0. The fourth-order valence-corrected chi connectivity index (χ4v) is 0. The van der Waals surface area contributed by atoms with E-state index in [1.807, 2.05) is 13.8 Å². The van der Waals surface area contributed by atoms with E-state index in [4.69, 9.17) is 0 Å². The van der Waals surface area contributed by atoms with Gasteiger partial charge in [0, 0.05) is 0 Å². The molecule has 0 aliphatic carbocycles. The van der Waals surface area contributed by atoms with Crippen molar-refractivity contribution in [1.29, 1.82) is 0 Å². The Kier molecular flexibility index (Phi) is 9.49. The Labute approximate surface area is 52.8 Å². The van der Waals surface area contributed by atoms with Crippen LogP contribution in [0.1, 0.15) is 13.8 Å². The van der Waals surface area contributed by atoms with E-state index in [2.05, 4.69) is 19.9 Å². The molecule has 0 unspecified atom stereocenters. The Morgan fingerprint density at radius 3 is 1.67 bits per heavy atom. The molecule has 0 amide bonds. The molecular formula is C3H8ClCoO. The van der Waals surface area contributed by atoms with Crippen LogP contribution >= 0.6 is 12.4 Å². The first-order chi connectivity index (χ1) is 2.27. The van der Waals surface area contributed by atoms with Gasteiger partial charge in [-0.3, -0.25) is 0 Å². The molecule has 42 valence electrons. The summed E-state index contributed by atoms with van der Waals surface area (Å²) >= 11 is 3.56. The number of rotatable bonds is 1. The van der Waals surface area contributed by atoms with Crippen molar-refractivity contribution in [3.05, 3.63) is 0 Å². The molecule has 0 radical (unpaired) electrons. The standard InChI is InChI=1S/C3H7O.ClH.Co/c1-3(2)4;;/h3H,1-2H3;1H;/q-1;;+1. The van der Waals surface area contributed by atoms with Crippen LogP contribution in [0.4, 0.5) is 0 Å². The molecule has 0 fully saturated rings. The fourth-order valence-electron chi connectivity index (χ4n) is 0. The Hall–Kier alpha value is 0.756. The Morgan fingerprint density at radius 1 is 1.50 bits per heavy atom. The molecule has 3 heteroatoms. The van der Waals surface area contributed by atoms with Crippen LogP contribution in [0.2, 0.25) is 0 Å². The molecule has 0 aliphatic rings. The normalized spacial score (nSPS) is 8.17. The summed E-state index contributed by atoms with van der Waals surface area (Å²) in [5.41, 5.74) is 0. The summed E-state index contributed by atoms with van der Waals surface area (Å²) in [6.45, 7) is 3.84. The van der Waals surface area contributed by atoms with Crippen LogP contribution in [0.25, 0.3) is 0 Å². The Balaban J connectivity index is 0. The molecule has 0 N–H and O–H groups in total. The summed E-state index contributed by atoms with van der Waals surface area (Å²) in [4.78, 5) is 0. The van der Waals surface area contributed by atoms with Gasteiger partial charge >= 0.3 is 39.9 Å². The third kappa shape index (κ3) is 8.83. The van der Waals surface area contributed by atoms with Gasteiger partial charge in [0.15, 0.2) is 0 Å². The van der Waals surface area contributed by atoms with E-state index >= 15 is 0 Å². The molecule has 6 heavy (non-hydrogen) atoms. The minimum Gasteiger partial charge on any atom is -0.147 e. The van der Waals surface area contributed by atoms with E-state index in [0.29, 0.717) is 0 Å². The third-order valence-electron chi connectivity index (χ3n) is 0.157. The van der Waals surface area contributed by atoms with Crippen molar-refractivity contribution < 1.29 is 19.9 Å². The molecule has 0 aromatic rings. The van der Waals surface area contributed by atoms with E-state index in [0.717, 1.165) is 0 Å². The zero-order valence-electron chi connectivity index (χ0n) is 3.73. The van der Waals surface area contributed by atoms with Crippen LogP contribution in [0, 0.1) is 0 Å². The van der Waals surface area contributed by atoms with Gasteiger partial charge in [-0.15, -0.1) is 12.4 Å². The average molecular weight is 154 g/mol. The molecule has 0 aliphatic heterocycles. The van der Waals surface area contributed by atoms with Crippen molar-refractivity contribution in [1.82, 2.24) is 0 Å². The van der Waals surface area contributed by atoms with E-state index in [1.165, 1.54) is 0 Å². The molecule has 1 nitrogen and oxygen atoms in total. The Morgan fingerprint density at radius 2 is 1.67 bits per heavy atom. The molecule has 0 bridgehead atoms. The van der Waals surface area contributed by atoms with Gasteiger partial charge in [0.05, 0.1) is 0 Å². The van der Waals surface area contributed by atoms with Crippen LogP contribution in [-0.2, 0) is 19.9 Å². The molecule has 0 spiro atoms. The van der Waals surface area contributed by atoms with Gasteiger partial charge in [0.2, 0.25) is 0 Å². The van der Waals surface area contributed by atoms with Crippen molar-refractivity contribution in [3.8, 4) is 0 Å². The maximum Gasteiger partial charge on any atom is -0.147 e. The second kappa shape index (κ2) is 5.76. The number of halogens is 1. The van der Waals surface area contributed by atoms with Crippen molar-refractivity contribution in [2.24, 2.45) is 0 Å². The SMILES string of the molecule is CC(C)[O][Co].Cl. The minimum atomic E-state index is 0. The average Bonchev–Trinajstić information content (AvgIpc) is 1.38. The second-order valence-corrected chi connectivity index (χ2v) is 1.37. The molecule has 0 aromatic carbocycles. The molecule has 0 heterocycles.